The van der Waals surface area contributed by atoms with Crippen LogP contribution < -0.4 is 4.90 Å². The highest BCUT2D eigenvalue weighted by molar-refractivity contribution is 8.00. The molecule has 3 heteroatoms. The molecule has 0 bridgehead atoms. The third-order valence-electron chi connectivity index (χ3n) is 3.88. The van der Waals surface area contributed by atoms with Gasteiger partial charge < -0.3 is 4.90 Å². The number of carbonyl (C=O) groups is 1. The summed E-state index contributed by atoms with van der Waals surface area (Å²) in [6, 6.07) is 14.6. The van der Waals surface area contributed by atoms with E-state index >= 15 is 0 Å². The molecular formula is C18H19NOS. The molecule has 2 nitrogen and oxygen atoms in total. The van der Waals surface area contributed by atoms with Gasteiger partial charge in [-0.25, -0.2) is 0 Å². The van der Waals surface area contributed by atoms with Crippen LogP contribution in [0, 0.1) is 13.8 Å². The highest BCUT2D eigenvalue weighted by Gasteiger charge is 2.23. The molecule has 1 amide bonds. The second kappa shape index (κ2) is 5.94. The maximum absolute atomic E-state index is 12.5. The van der Waals surface area contributed by atoms with Crippen molar-refractivity contribution in [2.75, 3.05) is 17.2 Å². The molecule has 0 saturated heterocycles. The number of carbonyl (C=O) groups excluding carboxylic acids is 1. The van der Waals surface area contributed by atoms with Crippen molar-refractivity contribution in [1.29, 1.82) is 0 Å². The second-order valence-electron chi connectivity index (χ2n) is 5.48. The first-order valence-corrected chi connectivity index (χ1v) is 8.22. The average Bonchev–Trinajstić information content (AvgIpc) is 2.92. The molecule has 0 saturated carbocycles. The smallest absolute Gasteiger partial charge is 0.237 e. The summed E-state index contributed by atoms with van der Waals surface area (Å²) >= 11 is 1.64. The maximum atomic E-state index is 12.5. The van der Waals surface area contributed by atoms with Crippen LogP contribution in [0.5, 0.6) is 0 Å². The fourth-order valence-corrected chi connectivity index (χ4v) is 3.68. The van der Waals surface area contributed by atoms with Crippen molar-refractivity contribution in [2.45, 2.75) is 25.2 Å². The van der Waals surface area contributed by atoms with Crippen molar-refractivity contribution in [3.05, 3.63) is 59.2 Å². The van der Waals surface area contributed by atoms with E-state index in [1.54, 1.807) is 11.8 Å². The van der Waals surface area contributed by atoms with Gasteiger partial charge in [0, 0.05) is 17.1 Å². The zero-order chi connectivity index (χ0) is 14.8. The quantitative estimate of drug-likeness (QED) is 0.799. The molecule has 3 rings (SSSR count). The summed E-state index contributed by atoms with van der Waals surface area (Å²) < 4.78 is 0. The number of benzene rings is 2. The third kappa shape index (κ3) is 2.98. The summed E-state index contributed by atoms with van der Waals surface area (Å²) in [5, 5.41) is 0. The van der Waals surface area contributed by atoms with Crippen LogP contribution in [0.2, 0.25) is 0 Å². The fourth-order valence-electron chi connectivity index (χ4n) is 2.68. The maximum Gasteiger partial charge on any atom is 0.237 e. The van der Waals surface area contributed by atoms with Crippen LogP contribution in [0.3, 0.4) is 0 Å². The first-order chi connectivity index (χ1) is 10.1. The Morgan fingerprint density at radius 2 is 2.00 bits per heavy atom. The van der Waals surface area contributed by atoms with Crippen molar-refractivity contribution in [3.8, 4) is 0 Å². The van der Waals surface area contributed by atoms with E-state index in [9.17, 15) is 4.79 Å². The number of amides is 1. The van der Waals surface area contributed by atoms with Crippen molar-refractivity contribution in [1.82, 2.24) is 0 Å². The van der Waals surface area contributed by atoms with Gasteiger partial charge in [0.05, 0.1) is 5.75 Å². The number of aryl methyl sites for hydroxylation is 2. The van der Waals surface area contributed by atoms with Gasteiger partial charge in [-0.05, 0) is 43.5 Å². The summed E-state index contributed by atoms with van der Waals surface area (Å²) in [5.41, 5.74) is 4.84. The largest absolute Gasteiger partial charge is 0.311 e. The highest BCUT2D eigenvalue weighted by Crippen LogP contribution is 2.29. The summed E-state index contributed by atoms with van der Waals surface area (Å²) in [4.78, 5) is 15.6. The van der Waals surface area contributed by atoms with Gasteiger partial charge in [0.15, 0.2) is 0 Å². The van der Waals surface area contributed by atoms with E-state index in [2.05, 4.69) is 38.1 Å². The summed E-state index contributed by atoms with van der Waals surface area (Å²) in [6.07, 6.45) is 0.968. The minimum absolute atomic E-state index is 0.200. The molecule has 2 aromatic carbocycles. The Labute approximate surface area is 130 Å². The number of rotatable bonds is 3. The van der Waals surface area contributed by atoms with Crippen LogP contribution in [0.25, 0.3) is 0 Å². The minimum Gasteiger partial charge on any atom is -0.311 e. The second-order valence-corrected chi connectivity index (χ2v) is 6.50. The van der Waals surface area contributed by atoms with Gasteiger partial charge in [-0.1, -0.05) is 35.9 Å². The Bertz CT molecular complexity index is 681. The van der Waals surface area contributed by atoms with E-state index in [0.717, 1.165) is 18.7 Å². The van der Waals surface area contributed by atoms with Gasteiger partial charge >= 0.3 is 0 Å². The van der Waals surface area contributed by atoms with E-state index in [-0.39, 0.29) is 5.91 Å². The molecule has 1 heterocycles. The lowest BCUT2D eigenvalue weighted by Crippen LogP contribution is -2.30. The average molecular weight is 297 g/mol. The first kappa shape index (κ1) is 14.2. The summed E-state index contributed by atoms with van der Waals surface area (Å²) in [7, 11) is 0. The van der Waals surface area contributed by atoms with Gasteiger partial charge in [0.2, 0.25) is 5.91 Å². The molecule has 0 aromatic heterocycles. The van der Waals surface area contributed by atoms with Crippen LogP contribution >= 0.6 is 11.8 Å². The van der Waals surface area contributed by atoms with Gasteiger partial charge in [-0.3, -0.25) is 4.79 Å². The molecular weight excluding hydrogens is 278 g/mol. The molecule has 1 aliphatic heterocycles. The van der Waals surface area contributed by atoms with E-state index in [4.69, 9.17) is 0 Å². The normalized spacial score (nSPS) is 13.3. The lowest BCUT2D eigenvalue weighted by atomic mass is 10.2. The first-order valence-electron chi connectivity index (χ1n) is 7.23. The van der Waals surface area contributed by atoms with Crippen molar-refractivity contribution in [2.24, 2.45) is 0 Å². The van der Waals surface area contributed by atoms with Crippen LogP contribution in [0.4, 0.5) is 5.69 Å². The van der Waals surface area contributed by atoms with Gasteiger partial charge in [-0.2, -0.15) is 0 Å². The number of hydrogen-bond acceptors (Lipinski definition) is 2. The van der Waals surface area contributed by atoms with E-state index in [1.165, 1.54) is 21.6 Å². The van der Waals surface area contributed by atoms with Crippen LogP contribution in [0.15, 0.2) is 47.4 Å². The molecule has 0 atom stereocenters. The highest BCUT2D eigenvalue weighted by atomic mass is 32.2. The molecule has 0 N–H and O–H groups in total. The number of anilines is 1. The lowest BCUT2D eigenvalue weighted by molar-refractivity contribution is -0.116. The predicted octanol–water partition coefficient (Wildman–Crippen LogP) is 3.98. The van der Waals surface area contributed by atoms with Crippen molar-refractivity contribution >= 4 is 23.4 Å². The number of para-hydroxylation sites is 1. The summed E-state index contributed by atoms with van der Waals surface area (Å²) in [5.74, 6) is 0.699. The number of hydrogen-bond donors (Lipinski definition) is 0. The van der Waals surface area contributed by atoms with Crippen LogP contribution in [-0.2, 0) is 11.2 Å². The molecule has 0 radical (unpaired) electrons. The molecule has 0 unspecified atom stereocenters. The standard InChI is InChI=1S/C18H19NOS/c1-13-7-8-14(2)17(11-13)21-12-18(20)19-10-9-15-5-3-4-6-16(15)19/h3-8,11H,9-10,12H2,1-2H3. The van der Waals surface area contributed by atoms with Crippen molar-refractivity contribution < 1.29 is 4.79 Å². The third-order valence-corrected chi connectivity index (χ3v) is 5.03. The van der Waals surface area contributed by atoms with E-state index in [0.29, 0.717) is 5.75 Å². The molecule has 21 heavy (non-hydrogen) atoms. The van der Waals surface area contributed by atoms with Gasteiger partial charge in [-0.15, -0.1) is 11.8 Å². The van der Waals surface area contributed by atoms with Crippen LogP contribution in [0.1, 0.15) is 16.7 Å². The molecule has 0 aliphatic carbocycles. The van der Waals surface area contributed by atoms with Crippen molar-refractivity contribution in [3.63, 3.8) is 0 Å². The Hall–Kier alpha value is -1.74. The molecule has 1 aliphatic rings. The molecule has 0 fully saturated rings. The summed E-state index contributed by atoms with van der Waals surface area (Å²) in [6.45, 7) is 4.99. The minimum atomic E-state index is 0.200. The zero-order valence-electron chi connectivity index (χ0n) is 12.4. The Morgan fingerprint density at radius 3 is 2.86 bits per heavy atom. The monoisotopic (exact) mass is 297 g/mol. The predicted molar refractivity (Wildman–Crippen MR) is 89.1 cm³/mol. The topological polar surface area (TPSA) is 20.3 Å². The Balaban J connectivity index is 1.69. The van der Waals surface area contributed by atoms with Gasteiger partial charge in [0.25, 0.3) is 0 Å². The zero-order valence-corrected chi connectivity index (χ0v) is 13.2. The Kier molecular flexibility index (Phi) is 4.02. The van der Waals surface area contributed by atoms with E-state index < -0.39 is 0 Å². The Morgan fingerprint density at radius 1 is 1.19 bits per heavy atom. The van der Waals surface area contributed by atoms with Gasteiger partial charge in [0.1, 0.15) is 0 Å². The molecule has 108 valence electrons. The molecule has 2 aromatic rings. The SMILES string of the molecule is Cc1ccc(C)c(SCC(=O)N2CCc3ccccc32)c1. The number of fused-ring (bicyclic) bond motifs is 1. The number of nitrogens with zero attached hydrogens (tertiary/aromatic N) is 1. The number of thioether (sulfide) groups is 1. The fraction of sp³-hybridized carbons (Fsp3) is 0.278. The van der Waals surface area contributed by atoms with Crippen LogP contribution in [-0.4, -0.2) is 18.2 Å². The molecule has 0 spiro atoms. The van der Waals surface area contributed by atoms with E-state index in [1.807, 2.05) is 23.1 Å². The lowest BCUT2D eigenvalue weighted by Gasteiger charge is -2.17.